The molecular formula is C23H38FN5O. The highest BCUT2D eigenvalue weighted by molar-refractivity contribution is 5.80. The van der Waals surface area contributed by atoms with Crippen LogP contribution in [0.4, 0.5) is 10.1 Å². The molecule has 0 amide bonds. The van der Waals surface area contributed by atoms with E-state index in [1.54, 1.807) is 6.07 Å². The lowest BCUT2D eigenvalue weighted by Gasteiger charge is -2.42. The smallest absolute Gasteiger partial charge is 0.191 e. The minimum absolute atomic E-state index is 0.0455. The molecule has 2 heterocycles. The fraction of sp³-hybridized carbons (Fsp3) is 0.696. The van der Waals surface area contributed by atoms with Crippen molar-refractivity contribution in [3.05, 3.63) is 29.6 Å². The number of likely N-dealkylation sites (N-methyl/N-ethyl adjacent to an activating group) is 1. The number of piperidine rings is 1. The normalized spacial score (nSPS) is 22.3. The molecule has 7 heteroatoms. The average Bonchev–Trinajstić information content (AvgIpc) is 2.74. The standard InChI is InChI=1S/C23H38FN5O/c1-5-25-22(26-17-23(28(3)4)10-13-30-14-11-23)27-19-7-6-12-29(16-19)21-15-18(2)8-9-20(21)24/h8-9,15,19H,5-7,10-14,16-17H2,1-4H3,(H2,25,26,27). The summed E-state index contributed by atoms with van der Waals surface area (Å²) in [6.07, 6.45) is 4.07. The zero-order chi connectivity index (χ0) is 21.6. The van der Waals surface area contributed by atoms with Crippen LogP contribution in [0.2, 0.25) is 0 Å². The summed E-state index contributed by atoms with van der Waals surface area (Å²) in [5.74, 6) is 0.705. The highest BCUT2D eigenvalue weighted by Crippen LogP contribution is 2.27. The first kappa shape index (κ1) is 22.8. The van der Waals surface area contributed by atoms with Crippen molar-refractivity contribution in [1.29, 1.82) is 0 Å². The molecule has 2 N–H and O–H groups in total. The number of nitrogens with zero attached hydrogens (tertiary/aromatic N) is 3. The van der Waals surface area contributed by atoms with E-state index in [2.05, 4.69) is 41.5 Å². The molecule has 0 aliphatic carbocycles. The molecule has 30 heavy (non-hydrogen) atoms. The third-order valence-electron chi connectivity index (χ3n) is 6.45. The van der Waals surface area contributed by atoms with E-state index in [0.29, 0.717) is 5.69 Å². The Morgan fingerprint density at radius 3 is 2.80 bits per heavy atom. The predicted molar refractivity (Wildman–Crippen MR) is 122 cm³/mol. The quantitative estimate of drug-likeness (QED) is 0.549. The minimum atomic E-state index is -0.144. The summed E-state index contributed by atoms with van der Waals surface area (Å²) in [4.78, 5) is 9.42. The molecule has 2 aliphatic rings. The molecule has 1 atom stereocenters. The lowest BCUT2D eigenvalue weighted by molar-refractivity contribution is -0.00255. The molecule has 168 valence electrons. The van der Waals surface area contributed by atoms with Gasteiger partial charge in [0.25, 0.3) is 0 Å². The topological polar surface area (TPSA) is 52.1 Å². The summed E-state index contributed by atoms with van der Waals surface area (Å²) in [5, 5.41) is 7.01. The molecule has 0 spiro atoms. The van der Waals surface area contributed by atoms with Gasteiger partial charge in [-0.2, -0.15) is 0 Å². The van der Waals surface area contributed by atoms with Crippen LogP contribution in [0.25, 0.3) is 0 Å². The summed E-state index contributed by atoms with van der Waals surface area (Å²) < 4.78 is 20.0. The highest BCUT2D eigenvalue weighted by atomic mass is 19.1. The Hall–Kier alpha value is -1.86. The summed E-state index contributed by atoms with van der Waals surface area (Å²) in [7, 11) is 4.27. The van der Waals surface area contributed by atoms with E-state index >= 15 is 0 Å². The molecule has 0 bridgehead atoms. The van der Waals surface area contributed by atoms with Crippen molar-refractivity contribution in [3.8, 4) is 0 Å². The molecule has 0 radical (unpaired) electrons. The predicted octanol–water partition coefficient (Wildman–Crippen LogP) is 2.77. The number of aryl methyl sites for hydroxylation is 1. The number of halogens is 1. The first-order valence-corrected chi connectivity index (χ1v) is 11.2. The number of aliphatic imine (C=N–C) groups is 1. The van der Waals surface area contributed by atoms with E-state index in [1.165, 1.54) is 0 Å². The van der Waals surface area contributed by atoms with Gasteiger partial charge in [-0.15, -0.1) is 0 Å². The summed E-state index contributed by atoms with van der Waals surface area (Å²) in [5.41, 5.74) is 1.84. The van der Waals surface area contributed by atoms with Crippen LogP contribution in [0, 0.1) is 12.7 Å². The number of anilines is 1. The van der Waals surface area contributed by atoms with Crippen molar-refractivity contribution in [3.63, 3.8) is 0 Å². The van der Waals surface area contributed by atoms with Crippen molar-refractivity contribution in [1.82, 2.24) is 15.5 Å². The maximum absolute atomic E-state index is 14.4. The number of ether oxygens (including phenoxy) is 1. The molecule has 2 saturated heterocycles. The molecule has 1 aromatic carbocycles. The molecule has 1 unspecified atom stereocenters. The van der Waals surface area contributed by atoms with Crippen molar-refractivity contribution in [2.45, 2.75) is 51.1 Å². The van der Waals surface area contributed by atoms with Crippen LogP contribution in [0.15, 0.2) is 23.2 Å². The number of hydrogen-bond acceptors (Lipinski definition) is 4. The van der Waals surface area contributed by atoms with Crippen molar-refractivity contribution in [2.24, 2.45) is 4.99 Å². The SMILES string of the molecule is CCNC(=NCC1(N(C)C)CCOCC1)NC1CCCN(c2cc(C)ccc2F)C1. The second kappa shape index (κ2) is 10.4. The van der Waals surface area contributed by atoms with Gasteiger partial charge in [-0.05, 0) is 71.3 Å². The maximum atomic E-state index is 14.4. The molecule has 0 saturated carbocycles. The van der Waals surface area contributed by atoms with Crippen LogP contribution >= 0.6 is 0 Å². The first-order valence-electron chi connectivity index (χ1n) is 11.2. The second-order valence-electron chi connectivity index (χ2n) is 8.81. The van der Waals surface area contributed by atoms with E-state index < -0.39 is 0 Å². The number of hydrogen-bond donors (Lipinski definition) is 2. The Kier molecular flexibility index (Phi) is 7.94. The lowest BCUT2D eigenvalue weighted by Crippen LogP contribution is -2.54. The van der Waals surface area contributed by atoms with E-state index in [0.717, 1.165) is 76.6 Å². The van der Waals surface area contributed by atoms with Gasteiger partial charge in [0.2, 0.25) is 0 Å². The molecule has 1 aromatic rings. The molecule has 0 aromatic heterocycles. The fourth-order valence-corrected chi connectivity index (χ4v) is 4.42. The number of benzene rings is 1. The van der Waals surface area contributed by atoms with Gasteiger partial charge in [0.05, 0.1) is 12.2 Å². The first-order chi connectivity index (χ1) is 14.4. The van der Waals surface area contributed by atoms with Crippen LogP contribution in [-0.2, 0) is 4.74 Å². The van der Waals surface area contributed by atoms with Crippen molar-refractivity contribution in [2.75, 3.05) is 58.4 Å². The molecule has 6 nitrogen and oxygen atoms in total. The van der Waals surface area contributed by atoms with Crippen LogP contribution in [0.3, 0.4) is 0 Å². The minimum Gasteiger partial charge on any atom is -0.381 e. The van der Waals surface area contributed by atoms with Crippen molar-refractivity contribution < 1.29 is 9.13 Å². The number of guanidine groups is 1. The molecule has 2 aliphatic heterocycles. The molecule has 3 rings (SSSR count). The van der Waals surface area contributed by atoms with Crippen molar-refractivity contribution >= 4 is 11.6 Å². The zero-order valence-corrected chi connectivity index (χ0v) is 19.0. The van der Waals surface area contributed by atoms with Gasteiger partial charge >= 0.3 is 0 Å². The second-order valence-corrected chi connectivity index (χ2v) is 8.81. The van der Waals surface area contributed by atoms with Gasteiger partial charge in [-0.1, -0.05) is 6.07 Å². The summed E-state index contributed by atoms with van der Waals surface area (Å²) >= 11 is 0. The third-order valence-corrected chi connectivity index (χ3v) is 6.45. The number of nitrogens with one attached hydrogen (secondary N) is 2. The van der Waals surface area contributed by atoms with E-state index in [9.17, 15) is 4.39 Å². The zero-order valence-electron chi connectivity index (χ0n) is 19.0. The monoisotopic (exact) mass is 419 g/mol. The Bertz CT molecular complexity index is 718. The molecule has 2 fully saturated rings. The van der Waals surface area contributed by atoms with Gasteiger partial charge in [0.15, 0.2) is 5.96 Å². The Morgan fingerprint density at radius 1 is 1.33 bits per heavy atom. The number of rotatable bonds is 6. The maximum Gasteiger partial charge on any atom is 0.191 e. The Morgan fingerprint density at radius 2 is 2.10 bits per heavy atom. The summed E-state index contributed by atoms with van der Waals surface area (Å²) in [6.45, 7) is 8.88. The van der Waals surface area contributed by atoms with Crippen LogP contribution in [0.5, 0.6) is 0 Å². The fourth-order valence-electron chi connectivity index (χ4n) is 4.42. The average molecular weight is 420 g/mol. The van der Waals surface area contributed by atoms with Gasteiger partial charge < -0.3 is 25.2 Å². The largest absolute Gasteiger partial charge is 0.381 e. The van der Waals surface area contributed by atoms with Crippen LogP contribution in [0.1, 0.15) is 38.2 Å². The van der Waals surface area contributed by atoms with E-state index in [-0.39, 0.29) is 17.4 Å². The highest BCUT2D eigenvalue weighted by Gasteiger charge is 2.35. The van der Waals surface area contributed by atoms with E-state index in [1.807, 2.05) is 19.1 Å². The van der Waals surface area contributed by atoms with Gasteiger partial charge in [-0.25, -0.2) is 4.39 Å². The Labute approximate surface area is 180 Å². The van der Waals surface area contributed by atoms with Crippen LogP contribution in [-0.4, -0.2) is 75.9 Å². The molecular weight excluding hydrogens is 381 g/mol. The van der Waals surface area contributed by atoms with Crippen LogP contribution < -0.4 is 15.5 Å². The van der Waals surface area contributed by atoms with Gasteiger partial charge in [0.1, 0.15) is 5.82 Å². The third kappa shape index (κ3) is 5.64. The van der Waals surface area contributed by atoms with Gasteiger partial charge in [-0.3, -0.25) is 4.99 Å². The van der Waals surface area contributed by atoms with E-state index in [4.69, 9.17) is 9.73 Å². The lowest BCUT2D eigenvalue weighted by atomic mass is 9.89. The Balaban J connectivity index is 1.68. The van der Waals surface area contributed by atoms with Gasteiger partial charge in [0, 0.05) is 44.4 Å². The summed E-state index contributed by atoms with van der Waals surface area (Å²) in [6, 6.07) is 5.58.